The van der Waals surface area contributed by atoms with Crippen molar-refractivity contribution in [3.05, 3.63) is 47.0 Å². The van der Waals surface area contributed by atoms with Crippen molar-refractivity contribution in [3.8, 4) is 0 Å². The molecule has 1 aromatic rings. The average Bonchev–Trinajstić information content (AvgIpc) is 2.66. The van der Waals surface area contributed by atoms with E-state index in [0.717, 1.165) is 32.2 Å². The molecule has 25 heavy (non-hydrogen) atoms. The Labute approximate surface area is 151 Å². The van der Waals surface area contributed by atoms with Crippen LogP contribution in [0.4, 0.5) is 0 Å². The molecule has 0 spiro atoms. The van der Waals surface area contributed by atoms with E-state index in [1.54, 1.807) is 29.2 Å². The van der Waals surface area contributed by atoms with Crippen molar-refractivity contribution in [2.45, 2.75) is 51.9 Å². The van der Waals surface area contributed by atoms with Crippen LogP contribution < -0.4 is 5.32 Å². The molecule has 1 N–H and O–H groups in total. The number of benzene rings is 1. The molecule has 0 atom stereocenters. The Hall–Kier alpha value is -2.10. The summed E-state index contributed by atoms with van der Waals surface area (Å²) in [5, 5.41) is 2.97. The van der Waals surface area contributed by atoms with Crippen molar-refractivity contribution in [2.75, 3.05) is 20.1 Å². The van der Waals surface area contributed by atoms with Gasteiger partial charge in [-0.25, -0.2) is 0 Å². The summed E-state index contributed by atoms with van der Waals surface area (Å²) in [5.74, 6) is -0.0700. The first-order valence-corrected chi connectivity index (χ1v) is 9.43. The first kappa shape index (κ1) is 19.2. The number of nitrogens with one attached hydrogen (secondary N) is 1. The maximum atomic E-state index is 12.3. The number of allylic oxidation sites excluding steroid dienone is 1. The zero-order chi connectivity index (χ0) is 18.1. The van der Waals surface area contributed by atoms with Gasteiger partial charge in [0.25, 0.3) is 11.8 Å². The lowest BCUT2D eigenvalue weighted by atomic mass is 9.97. The molecule has 0 heterocycles. The summed E-state index contributed by atoms with van der Waals surface area (Å²) in [7, 11) is 1.82. The summed E-state index contributed by atoms with van der Waals surface area (Å²) < 4.78 is 0. The van der Waals surface area contributed by atoms with Gasteiger partial charge in [-0.3, -0.25) is 9.59 Å². The van der Waals surface area contributed by atoms with Crippen molar-refractivity contribution >= 4 is 11.8 Å². The smallest absolute Gasteiger partial charge is 0.253 e. The van der Waals surface area contributed by atoms with Gasteiger partial charge in [-0.2, -0.15) is 0 Å². The summed E-state index contributed by atoms with van der Waals surface area (Å²) >= 11 is 0. The lowest BCUT2D eigenvalue weighted by Gasteiger charge is -2.17. The standard InChI is InChI=1S/C21H30N2O2/c1-3-4-16-23(2)21(25)19-12-10-18(11-13-19)20(24)22-15-14-17-8-6-5-7-9-17/h8,10-13H,3-7,9,14-16H2,1-2H3,(H,22,24). The van der Waals surface area contributed by atoms with E-state index in [4.69, 9.17) is 0 Å². The fourth-order valence-electron chi connectivity index (χ4n) is 3.05. The number of nitrogens with zero attached hydrogens (tertiary/aromatic N) is 1. The Kier molecular flexibility index (Phi) is 7.71. The van der Waals surface area contributed by atoms with E-state index >= 15 is 0 Å². The van der Waals surface area contributed by atoms with Gasteiger partial charge in [0, 0.05) is 31.3 Å². The lowest BCUT2D eigenvalue weighted by Crippen LogP contribution is -2.28. The van der Waals surface area contributed by atoms with Gasteiger partial charge in [-0.05, 0) is 62.8 Å². The van der Waals surface area contributed by atoms with E-state index in [2.05, 4.69) is 18.3 Å². The summed E-state index contributed by atoms with van der Waals surface area (Å²) in [6.07, 6.45) is 10.2. The minimum atomic E-state index is -0.0743. The third-order valence-corrected chi connectivity index (χ3v) is 4.70. The fraction of sp³-hybridized carbons (Fsp3) is 0.524. The molecule has 2 rings (SSSR count). The van der Waals surface area contributed by atoms with Crippen molar-refractivity contribution < 1.29 is 9.59 Å². The van der Waals surface area contributed by atoms with Gasteiger partial charge in [-0.1, -0.05) is 25.0 Å². The lowest BCUT2D eigenvalue weighted by molar-refractivity contribution is 0.0792. The van der Waals surface area contributed by atoms with Gasteiger partial charge in [0.15, 0.2) is 0 Å². The number of carbonyl (C=O) groups excluding carboxylic acids is 2. The summed E-state index contributed by atoms with van der Waals surface area (Å²) in [6.45, 7) is 3.54. The zero-order valence-electron chi connectivity index (χ0n) is 15.5. The van der Waals surface area contributed by atoms with Crippen molar-refractivity contribution in [2.24, 2.45) is 0 Å². The second kappa shape index (κ2) is 10.0. The van der Waals surface area contributed by atoms with Crippen LogP contribution in [0.5, 0.6) is 0 Å². The van der Waals surface area contributed by atoms with E-state index in [0.29, 0.717) is 17.7 Å². The number of hydrogen-bond donors (Lipinski definition) is 1. The second-order valence-corrected chi connectivity index (χ2v) is 6.77. The van der Waals surface area contributed by atoms with Crippen molar-refractivity contribution in [1.29, 1.82) is 0 Å². The van der Waals surface area contributed by atoms with Crippen LogP contribution in [0.1, 0.15) is 72.6 Å². The van der Waals surface area contributed by atoms with Crippen LogP contribution in [0.3, 0.4) is 0 Å². The number of hydrogen-bond acceptors (Lipinski definition) is 2. The molecule has 1 aliphatic carbocycles. The first-order chi connectivity index (χ1) is 12.1. The highest BCUT2D eigenvalue weighted by Gasteiger charge is 2.12. The summed E-state index contributed by atoms with van der Waals surface area (Å²) in [5.41, 5.74) is 2.69. The molecule has 0 saturated heterocycles. The number of rotatable bonds is 8. The molecular formula is C21H30N2O2. The van der Waals surface area contributed by atoms with Gasteiger partial charge in [0.1, 0.15) is 0 Å². The Morgan fingerprint density at radius 3 is 2.48 bits per heavy atom. The Morgan fingerprint density at radius 2 is 1.84 bits per heavy atom. The monoisotopic (exact) mass is 342 g/mol. The Bertz CT molecular complexity index is 605. The van der Waals surface area contributed by atoms with Gasteiger partial charge in [0.2, 0.25) is 0 Å². The molecule has 4 heteroatoms. The minimum Gasteiger partial charge on any atom is -0.352 e. The number of amides is 2. The predicted molar refractivity (Wildman–Crippen MR) is 102 cm³/mol. The fourth-order valence-corrected chi connectivity index (χ4v) is 3.05. The third kappa shape index (κ3) is 6.04. The highest BCUT2D eigenvalue weighted by molar-refractivity contribution is 5.97. The Morgan fingerprint density at radius 1 is 1.12 bits per heavy atom. The van der Waals surface area contributed by atoms with Crippen LogP contribution in [-0.4, -0.2) is 36.9 Å². The largest absolute Gasteiger partial charge is 0.352 e. The first-order valence-electron chi connectivity index (χ1n) is 9.43. The highest BCUT2D eigenvalue weighted by atomic mass is 16.2. The molecule has 0 bridgehead atoms. The number of carbonyl (C=O) groups is 2. The van der Waals surface area contributed by atoms with Crippen LogP contribution in [0, 0.1) is 0 Å². The van der Waals surface area contributed by atoms with E-state index < -0.39 is 0 Å². The molecule has 1 aliphatic rings. The SMILES string of the molecule is CCCCN(C)C(=O)c1ccc(C(=O)NCCC2=CCCCC2)cc1. The van der Waals surface area contributed by atoms with Gasteiger partial charge in [-0.15, -0.1) is 0 Å². The Balaban J connectivity index is 1.82. The molecule has 4 nitrogen and oxygen atoms in total. The van der Waals surface area contributed by atoms with Gasteiger partial charge >= 0.3 is 0 Å². The van der Waals surface area contributed by atoms with Crippen LogP contribution in [-0.2, 0) is 0 Å². The third-order valence-electron chi connectivity index (χ3n) is 4.70. The molecule has 0 radical (unpaired) electrons. The second-order valence-electron chi connectivity index (χ2n) is 6.77. The normalized spacial score (nSPS) is 13.9. The molecule has 0 fully saturated rings. The molecule has 0 aromatic heterocycles. The van der Waals surface area contributed by atoms with Crippen LogP contribution in [0.15, 0.2) is 35.9 Å². The van der Waals surface area contributed by atoms with Crippen LogP contribution in [0.25, 0.3) is 0 Å². The van der Waals surface area contributed by atoms with E-state index in [1.165, 1.54) is 24.8 Å². The average molecular weight is 342 g/mol. The molecule has 0 unspecified atom stereocenters. The van der Waals surface area contributed by atoms with Crippen molar-refractivity contribution in [1.82, 2.24) is 10.2 Å². The summed E-state index contributed by atoms with van der Waals surface area (Å²) in [4.78, 5) is 26.2. The maximum absolute atomic E-state index is 12.3. The molecule has 2 amide bonds. The number of unbranched alkanes of at least 4 members (excludes halogenated alkanes) is 1. The maximum Gasteiger partial charge on any atom is 0.253 e. The van der Waals surface area contributed by atoms with Gasteiger partial charge < -0.3 is 10.2 Å². The molecular weight excluding hydrogens is 312 g/mol. The molecule has 0 saturated carbocycles. The van der Waals surface area contributed by atoms with E-state index in [9.17, 15) is 9.59 Å². The quantitative estimate of drug-likeness (QED) is 0.721. The van der Waals surface area contributed by atoms with Gasteiger partial charge in [0.05, 0.1) is 0 Å². The van der Waals surface area contributed by atoms with Crippen LogP contribution >= 0.6 is 0 Å². The molecule has 0 aliphatic heterocycles. The van der Waals surface area contributed by atoms with E-state index in [1.807, 2.05) is 7.05 Å². The molecule has 1 aromatic carbocycles. The summed E-state index contributed by atoms with van der Waals surface area (Å²) in [6, 6.07) is 6.94. The topological polar surface area (TPSA) is 49.4 Å². The van der Waals surface area contributed by atoms with Crippen LogP contribution in [0.2, 0.25) is 0 Å². The zero-order valence-corrected chi connectivity index (χ0v) is 15.5. The molecule has 136 valence electrons. The van der Waals surface area contributed by atoms with E-state index in [-0.39, 0.29) is 11.8 Å². The van der Waals surface area contributed by atoms with Crippen molar-refractivity contribution in [3.63, 3.8) is 0 Å². The predicted octanol–water partition coefficient (Wildman–Crippen LogP) is 4.18. The highest BCUT2D eigenvalue weighted by Crippen LogP contribution is 2.19. The minimum absolute atomic E-state index is 0.00430.